The minimum Gasteiger partial charge on any atom is -0.508 e. The number of carbonyl (C=O) groups excluding carboxylic acids is 1. The summed E-state index contributed by atoms with van der Waals surface area (Å²) in [4.78, 5) is 14.4. The van der Waals surface area contributed by atoms with Crippen LogP contribution in [0.1, 0.15) is 23.6 Å². The Labute approximate surface area is 136 Å². The van der Waals surface area contributed by atoms with Gasteiger partial charge in [0.1, 0.15) is 11.5 Å². The van der Waals surface area contributed by atoms with E-state index in [9.17, 15) is 9.90 Å². The van der Waals surface area contributed by atoms with Gasteiger partial charge in [0.05, 0.1) is 5.69 Å². The Morgan fingerprint density at radius 2 is 1.83 bits per heavy atom. The zero-order valence-electron chi connectivity index (χ0n) is 13.7. The molecule has 1 aliphatic heterocycles. The van der Waals surface area contributed by atoms with Crippen molar-refractivity contribution in [3.05, 3.63) is 53.1 Å². The van der Waals surface area contributed by atoms with Gasteiger partial charge in [-0.3, -0.25) is 4.79 Å². The van der Waals surface area contributed by atoms with Crippen LogP contribution in [0.4, 0.5) is 5.69 Å². The lowest BCUT2D eigenvalue weighted by Gasteiger charge is -2.34. The van der Waals surface area contributed by atoms with Crippen LogP contribution in [0, 0.1) is 13.8 Å². The van der Waals surface area contributed by atoms with Gasteiger partial charge in [0.15, 0.2) is 6.10 Å². The average Bonchev–Trinajstić information content (AvgIpc) is 2.47. The number of hydrogen-bond acceptors (Lipinski definition) is 3. The summed E-state index contributed by atoms with van der Waals surface area (Å²) in [6.45, 7) is 6.57. The lowest BCUT2D eigenvalue weighted by Crippen LogP contribution is -2.46. The third kappa shape index (κ3) is 3.02. The molecule has 1 aliphatic rings. The summed E-state index contributed by atoms with van der Waals surface area (Å²) in [5.41, 5.74) is 4.09. The molecule has 4 heteroatoms. The molecule has 0 bridgehead atoms. The molecule has 1 atom stereocenters. The summed E-state index contributed by atoms with van der Waals surface area (Å²) >= 11 is 0. The highest BCUT2D eigenvalue weighted by molar-refractivity contribution is 6.00. The minimum absolute atomic E-state index is 0.0650. The van der Waals surface area contributed by atoms with Gasteiger partial charge in [-0.05, 0) is 38.5 Å². The minimum atomic E-state index is -0.534. The maximum absolute atomic E-state index is 12.7. The number of rotatable bonds is 3. The van der Waals surface area contributed by atoms with Gasteiger partial charge >= 0.3 is 0 Å². The Morgan fingerprint density at radius 3 is 2.48 bits per heavy atom. The fourth-order valence-corrected chi connectivity index (χ4v) is 3.17. The van der Waals surface area contributed by atoms with E-state index in [1.807, 2.05) is 6.92 Å². The van der Waals surface area contributed by atoms with E-state index in [0.717, 1.165) is 5.56 Å². The fourth-order valence-electron chi connectivity index (χ4n) is 3.17. The number of benzene rings is 2. The molecule has 120 valence electrons. The highest BCUT2D eigenvalue weighted by Gasteiger charge is 2.33. The number of amides is 1. The van der Waals surface area contributed by atoms with E-state index >= 15 is 0 Å². The number of phenolic OH excluding ortho intramolecular Hbond substituents is 1. The largest absolute Gasteiger partial charge is 0.508 e. The second-order valence-electron chi connectivity index (χ2n) is 6.04. The van der Waals surface area contributed by atoms with Crippen molar-refractivity contribution in [1.82, 2.24) is 0 Å². The number of anilines is 1. The van der Waals surface area contributed by atoms with Crippen molar-refractivity contribution in [3.8, 4) is 11.5 Å². The van der Waals surface area contributed by atoms with Crippen molar-refractivity contribution in [3.63, 3.8) is 0 Å². The maximum Gasteiger partial charge on any atom is 0.268 e. The molecule has 1 unspecified atom stereocenters. The molecule has 0 radical (unpaired) electrons. The maximum atomic E-state index is 12.7. The Kier molecular flexibility index (Phi) is 3.99. The second kappa shape index (κ2) is 5.95. The van der Waals surface area contributed by atoms with Gasteiger partial charge in [-0.25, -0.2) is 0 Å². The monoisotopic (exact) mass is 311 g/mol. The zero-order valence-corrected chi connectivity index (χ0v) is 13.7. The van der Waals surface area contributed by atoms with Crippen LogP contribution in [0.25, 0.3) is 0 Å². The van der Waals surface area contributed by atoms with Crippen molar-refractivity contribution in [2.24, 2.45) is 0 Å². The molecule has 1 amide bonds. The van der Waals surface area contributed by atoms with Crippen LogP contribution in [0.2, 0.25) is 0 Å². The molecule has 1 N–H and O–H groups in total. The Hall–Kier alpha value is -2.49. The summed E-state index contributed by atoms with van der Waals surface area (Å²) in [5.74, 6) is 0.703. The number of carbonyl (C=O) groups is 1. The number of nitrogens with zero attached hydrogens (tertiary/aromatic N) is 1. The number of hydrogen-bond donors (Lipinski definition) is 1. The van der Waals surface area contributed by atoms with Crippen LogP contribution in [-0.4, -0.2) is 23.7 Å². The van der Waals surface area contributed by atoms with Crippen LogP contribution >= 0.6 is 0 Å². The third-order valence-corrected chi connectivity index (χ3v) is 4.06. The SMILES string of the molecule is CCN1C(=O)C(Cc2cc(C)cc(C)c2)Oc2ccc(O)cc21. The van der Waals surface area contributed by atoms with Gasteiger partial charge in [-0.2, -0.15) is 0 Å². The van der Waals surface area contributed by atoms with Gasteiger partial charge in [0.25, 0.3) is 5.91 Å². The summed E-state index contributed by atoms with van der Waals surface area (Å²) in [5, 5.41) is 9.66. The molecule has 0 aromatic heterocycles. The number of phenols is 1. The van der Waals surface area contributed by atoms with Crippen LogP contribution in [0.3, 0.4) is 0 Å². The Bertz CT molecular complexity index is 734. The predicted octanol–water partition coefficient (Wildman–Crippen LogP) is 3.37. The predicted molar refractivity (Wildman–Crippen MR) is 90.2 cm³/mol. The zero-order chi connectivity index (χ0) is 16.6. The van der Waals surface area contributed by atoms with Crippen LogP contribution in [-0.2, 0) is 11.2 Å². The van der Waals surface area contributed by atoms with E-state index in [1.165, 1.54) is 11.1 Å². The smallest absolute Gasteiger partial charge is 0.268 e. The molecule has 0 fully saturated rings. The van der Waals surface area contributed by atoms with Crippen LogP contribution < -0.4 is 9.64 Å². The van der Waals surface area contributed by atoms with Crippen molar-refractivity contribution in [1.29, 1.82) is 0 Å². The van der Waals surface area contributed by atoms with Crippen LogP contribution in [0.15, 0.2) is 36.4 Å². The summed E-state index contributed by atoms with van der Waals surface area (Å²) in [6, 6.07) is 11.2. The molecule has 4 nitrogen and oxygen atoms in total. The first-order chi connectivity index (χ1) is 11.0. The normalized spacial score (nSPS) is 16.9. The molecule has 0 spiro atoms. The van der Waals surface area contributed by atoms with E-state index in [4.69, 9.17) is 4.74 Å². The fraction of sp³-hybridized carbons (Fsp3) is 0.316. The Morgan fingerprint density at radius 1 is 1.13 bits per heavy atom. The number of likely N-dealkylation sites (N-methyl/N-ethyl adjacent to an activating group) is 1. The van der Waals surface area contributed by atoms with E-state index < -0.39 is 6.10 Å². The summed E-state index contributed by atoms with van der Waals surface area (Å²) in [7, 11) is 0. The number of aryl methyl sites for hydroxylation is 2. The van der Waals surface area contributed by atoms with Crippen molar-refractivity contribution < 1.29 is 14.6 Å². The molecule has 2 aromatic carbocycles. The molecule has 0 saturated heterocycles. The van der Waals surface area contributed by atoms with E-state index in [-0.39, 0.29) is 11.7 Å². The molecule has 2 aromatic rings. The molecule has 1 heterocycles. The first-order valence-corrected chi connectivity index (χ1v) is 7.86. The van der Waals surface area contributed by atoms with Crippen molar-refractivity contribution in [2.75, 3.05) is 11.4 Å². The quantitative estimate of drug-likeness (QED) is 0.945. The highest BCUT2D eigenvalue weighted by atomic mass is 16.5. The highest BCUT2D eigenvalue weighted by Crippen LogP contribution is 2.37. The number of ether oxygens (including phenoxy) is 1. The molecule has 0 saturated carbocycles. The molecule has 0 aliphatic carbocycles. The third-order valence-electron chi connectivity index (χ3n) is 4.06. The van der Waals surface area contributed by atoms with E-state index in [2.05, 4.69) is 32.0 Å². The van der Waals surface area contributed by atoms with E-state index in [0.29, 0.717) is 24.4 Å². The van der Waals surface area contributed by atoms with Gasteiger partial charge in [0, 0.05) is 19.0 Å². The van der Waals surface area contributed by atoms with E-state index in [1.54, 1.807) is 23.1 Å². The first kappa shape index (κ1) is 15.4. The van der Waals surface area contributed by atoms with Gasteiger partial charge in [-0.15, -0.1) is 0 Å². The summed E-state index contributed by atoms with van der Waals surface area (Å²) in [6.07, 6.45) is 0.00577. The lowest BCUT2D eigenvalue weighted by atomic mass is 10.0. The molecular weight excluding hydrogens is 290 g/mol. The van der Waals surface area contributed by atoms with Gasteiger partial charge in [-0.1, -0.05) is 29.3 Å². The molecular formula is C19H21NO3. The van der Waals surface area contributed by atoms with Gasteiger partial charge in [0.2, 0.25) is 0 Å². The standard InChI is InChI=1S/C19H21NO3/c1-4-20-16-11-15(21)5-6-17(16)23-18(19(20)22)10-14-8-12(2)7-13(3)9-14/h5-9,11,18,21H,4,10H2,1-3H3. The lowest BCUT2D eigenvalue weighted by molar-refractivity contribution is -0.126. The average molecular weight is 311 g/mol. The summed E-state index contributed by atoms with van der Waals surface area (Å²) < 4.78 is 5.91. The molecule has 23 heavy (non-hydrogen) atoms. The van der Waals surface area contributed by atoms with Gasteiger partial charge < -0.3 is 14.7 Å². The number of aromatic hydroxyl groups is 1. The second-order valence-corrected chi connectivity index (χ2v) is 6.04. The number of fused-ring (bicyclic) bond motifs is 1. The van der Waals surface area contributed by atoms with Crippen molar-refractivity contribution in [2.45, 2.75) is 33.3 Å². The first-order valence-electron chi connectivity index (χ1n) is 7.86. The van der Waals surface area contributed by atoms with Crippen molar-refractivity contribution >= 4 is 11.6 Å². The topological polar surface area (TPSA) is 49.8 Å². The van der Waals surface area contributed by atoms with Crippen LogP contribution in [0.5, 0.6) is 11.5 Å². The Balaban J connectivity index is 1.92. The molecule has 3 rings (SSSR count).